The van der Waals surface area contributed by atoms with Crippen LogP contribution in [0.15, 0.2) is 59.5 Å². The molecule has 0 bridgehead atoms. The highest BCUT2D eigenvalue weighted by Gasteiger charge is 2.14. The van der Waals surface area contributed by atoms with Crippen LogP contribution in [0.3, 0.4) is 0 Å². The Morgan fingerprint density at radius 3 is 2.42 bits per heavy atom. The fourth-order valence-corrected chi connectivity index (χ4v) is 3.30. The number of hydrogen-bond donors (Lipinski definition) is 1. The number of sulfonamides is 1. The lowest BCUT2D eigenvalue weighted by Gasteiger charge is -2.17. The van der Waals surface area contributed by atoms with Crippen molar-refractivity contribution in [3.63, 3.8) is 0 Å². The molecule has 0 fully saturated rings. The molecule has 2 aromatic rings. The molecule has 140 valence electrons. The number of amides is 1. The third-order valence-electron chi connectivity index (χ3n) is 3.62. The van der Waals surface area contributed by atoms with Crippen LogP contribution in [0.5, 0.6) is 5.75 Å². The summed E-state index contributed by atoms with van der Waals surface area (Å²) < 4.78 is 32.1. The van der Waals surface area contributed by atoms with Gasteiger partial charge in [0.25, 0.3) is 0 Å². The van der Waals surface area contributed by atoms with Gasteiger partial charge in [0, 0.05) is 25.0 Å². The predicted molar refractivity (Wildman–Crippen MR) is 101 cm³/mol. The summed E-state index contributed by atoms with van der Waals surface area (Å²) >= 11 is 5.80. The number of rotatable bonds is 9. The third kappa shape index (κ3) is 6.33. The molecule has 6 nitrogen and oxygen atoms in total. The van der Waals surface area contributed by atoms with Crippen molar-refractivity contribution in [3.05, 3.63) is 59.6 Å². The Bertz CT molecular complexity index is 811. The van der Waals surface area contributed by atoms with Gasteiger partial charge in [0.1, 0.15) is 12.4 Å². The van der Waals surface area contributed by atoms with E-state index in [9.17, 15) is 13.2 Å². The quantitative estimate of drug-likeness (QED) is 0.706. The van der Waals surface area contributed by atoms with Gasteiger partial charge >= 0.3 is 0 Å². The molecule has 0 aliphatic carbocycles. The Balaban J connectivity index is 1.71. The maximum Gasteiger partial charge on any atom is 0.240 e. The van der Waals surface area contributed by atoms with Gasteiger partial charge in [-0.15, -0.1) is 0 Å². The number of benzene rings is 2. The first-order valence-electron chi connectivity index (χ1n) is 8.05. The Hall–Kier alpha value is -2.09. The first kappa shape index (κ1) is 20.2. The molecule has 0 heterocycles. The second-order valence-electron chi connectivity index (χ2n) is 5.58. The van der Waals surface area contributed by atoms with Crippen LogP contribution in [0.25, 0.3) is 0 Å². The molecular weight excluding hydrogens is 376 g/mol. The smallest absolute Gasteiger partial charge is 0.240 e. The summed E-state index contributed by atoms with van der Waals surface area (Å²) in [5, 5.41) is 0.627. The number of carbonyl (C=O) groups excluding carboxylic acids is 1. The van der Waals surface area contributed by atoms with E-state index in [1.807, 2.05) is 0 Å². The van der Waals surface area contributed by atoms with Gasteiger partial charge in [-0.2, -0.15) is 0 Å². The lowest BCUT2D eigenvalue weighted by atomic mass is 10.3. The first-order valence-corrected chi connectivity index (χ1v) is 9.91. The molecular formula is C18H21ClN2O4S. The first-order chi connectivity index (χ1) is 12.4. The number of nitrogens with one attached hydrogen (secondary N) is 1. The summed E-state index contributed by atoms with van der Waals surface area (Å²) in [5.41, 5.74) is 0. The molecule has 0 saturated heterocycles. The lowest BCUT2D eigenvalue weighted by molar-refractivity contribution is -0.130. The minimum Gasteiger partial charge on any atom is -0.492 e. The highest BCUT2D eigenvalue weighted by molar-refractivity contribution is 7.89. The fourth-order valence-electron chi connectivity index (χ4n) is 2.12. The van der Waals surface area contributed by atoms with Crippen molar-refractivity contribution in [2.24, 2.45) is 0 Å². The molecule has 26 heavy (non-hydrogen) atoms. The predicted octanol–water partition coefficient (Wildman–Crippen LogP) is 2.55. The molecule has 2 aromatic carbocycles. The average Bonchev–Trinajstić information content (AvgIpc) is 2.63. The SMILES string of the molecule is CN(CCOc1ccc(Cl)cc1)C(=O)CCNS(=O)(=O)c1ccccc1. The average molecular weight is 397 g/mol. The molecule has 8 heteroatoms. The monoisotopic (exact) mass is 396 g/mol. The maximum atomic E-state index is 12.1. The van der Waals surface area contributed by atoms with Crippen LogP contribution in [0, 0.1) is 0 Å². The van der Waals surface area contributed by atoms with Crippen molar-refractivity contribution >= 4 is 27.5 Å². The molecule has 1 amide bonds. The van der Waals surface area contributed by atoms with Gasteiger partial charge in [-0.05, 0) is 36.4 Å². The van der Waals surface area contributed by atoms with Crippen molar-refractivity contribution in [3.8, 4) is 5.75 Å². The molecule has 2 rings (SSSR count). The van der Waals surface area contributed by atoms with Crippen LogP contribution in [0.1, 0.15) is 6.42 Å². The Labute approximate surface area is 158 Å². The van der Waals surface area contributed by atoms with Crippen molar-refractivity contribution in [2.45, 2.75) is 11.3 Å². The van der Waals surface area contributed by atoms with Crippen LogP contribution < -0.4 is 9.46 Å². The van der Waals surface area contributed by atoms with E-state index in [0.29, 0.717) is 23.9 Å². The Morgan fingerprint density at radius 1 is 1.12 bits per heavy atom. The Morgan fingerprint density at radius 2 is 1.77 bits per heavy atom. The summed E-state index contributed by atoms with van der Waals surface area (Å²) in [6.07, 6.45) is 0.0729. The molecule has 0 atom stereocenters. The van der Waals surface area contributed by atoms with E-state index in [-0.39, 0.29) is 23.8 Å². The number of likely N-dealkylation sites (N-methyl/N-ethyl adjacent to an activating group) is 1. The molecule has 0 radical (unpaired) electrons. The zero-order valence-corrected chi connectivity index (χ0v) is 16.0. The molecule has 0 saturated carbocycles. The van der Waals surface area contributed by atoms with Gasteiger partial charge < -0.3 is 9.64 Å². The number of nitrogens with zero attached hydrogens (tertiary/aromatic N) is 1. The van der Waals surface area contributed by atoms with E-state index in [2.05, 4.69) is 4.72 Å². The van der Waals surface area contributed by atoms with Crippen LogP contribution >= 0.6 is 11.6 Å². The molecule has 0 aliphatic heterocycles. The van der Waals surface area contributed by atoms with Crippen molar-refractivity contribution < 1.29 is 17.9 Å². The van der Waals surface area contributed by atoms with E-state index in [1.165, 1.54) is 17.0 Å². The molecule has 0 spiro atoms. The van der Waals surface area contributed by atoms with Crippen molar-refractivity contribution in [1.29, 1.82) is 0 Å². The van der Waals surface area contributed by atoms with E-state index < -0.39 is 10.0 Å². The summed E-state index contributed by atoms with van der Waals surface area (Å²) in [4.78, 5) is 13.8. The van der Waals surface area contributed by atoms with Gasteiger partial charge in [0.05, 0.1) is 11.4 Å². The van der Waals surface area contributed by atoms with Gasteiger partial charge in [-0.1, -0.05) is 29.8 Å². The summed E-state index contributed by atoms with van der Waals surface area (Å²) in [7, 11) is -1.94. The summed E-state index contributed by atoms with van der Waals surface area (Å²) in [5.74, 6) is 0.506. The second-order valence-corrected chi connectivity index (χ2v) is 7.78. The number of halogens is 1. The van der Waals surface area contributed by atoms with E-state index in [1.54, 1.807) is 49.5 Å². The second kappa shape index (κ2) is 9.56. The van der Waals surface area contributed by atoms with Crippen LogP contribution in [0.4, 0.5) is 0 Å². The Kier molecular flexibility index (Phi) is 7.44. The minimum absolute atomic E-state index is 0.0401. The maximum absolute atomic E-state index is 12.1. The van der Waals surface area contributed by atoms with Gasteiger partial charge in [-0.3, -0.25) is 4.79 Å². The largest absolute Gasteiger partial charge is 0.492 e. The number of hydrogen-bond acceptors (Lipinski definition) is 4. The van der Waals surface area contributed by atoms with E-state index in [0.717, 1.165) is 0 Å². The molecule has 0 aromatic heterocycles. The molecule has 0 aliphatic rings. The summed E-state index contributed by atoms with van der Waals surface area (Å²) in [6.45, 7) is 0.769. The van der Waals surface area contributed by atoms with E-state index >= 15 is 0 Å². The highest BCUT2D eigenvalue weighted by atomic mass is 35.5. The zero-order chi connectivity index (χ0) is 19.0. The lowest BCUT2D eigenvalue weighted by Crippen LogP contribution is -2.34. The van der Waals surface area contributed by atoms with Crippen LogP contribution in [0.2, 0.25) is 5.02 Å². The fraction of sp³-hybridized carbons (Fsp3) is 0.278. The van der Waals surface area contributed by atoms with Gasteiger partial charge in [-0.25, -0.2) is 13.1 Å². The van der Waals surface area contributed by atoms with Crippen molar-refractivity contribution in [2.75, 3.05) is 26.7 Å². The van der Waals surface area contributed by atoms with Crippen LogP contribution in [-0.4, -0.2) is 46.0 Å². The molecule has 1 N–H and O–H groups in total. The normalized spacial score (nSPS) is 11.2. The molecule has 0 unspecified atom stereocenters. The minimum atomic E-state index is -3.59. The van der Waals surface area contributed by atoms with E-state index in [4.69, 9.17) is 16.3 Å². The van der Waals surface area contributed by atoms with Crippen LogP contribution in [-0.2, 0) is 14.8 Å². The summed E-state index contributed by atoms with van der Waals surface area (Å²) in [6, 6.07) is 15.0. The van der Waals surface area contributed by atoms with Gasteiger partial charge in [0.15, 0.2) is 0 Å². The highest BCUT2D eigenvalue weighted by Crippen LogP contribution is 2.15. The zero-order valence-electron chi connectivity index (χ0n) is 14.4. The number of carbonyl (C=O) groups is 1. The third-order valence-corrected chi connectivity index (χ3v) is 5.35. The number of ether oxygens (including phenoxy) is 1. The van der Waals surface area contributed by atoms with Crippen molar-refractivity contribution in [1.82, 2.24) is 9.62 Å². The van der Waals surface area contributed by atoms with Gasteiger partial charge in [0.2, 0.25) is 15.9 Å². The topological polar surface area (TPSA) is 75.7 Å². The standard InChI is InChI=1S/C18H21ClN2O4S/c1-21(13-14-25-16-9-7-15(19)8-10-16)18(22)11-12-20-26(23,24)17-5-3-2-4-6-17/h2-10,20H,11-14H2,1H3.